The van der Waals surface area contributed by atoms with Gasteiger partial charge in [0.15, 0.2) is 5.65 Å². The van der Waals surface area contributed by atoms with Crippen molar-refractivity contribution in [2.75, 3.05) is 17.6 Å². The summed E-state index contributed by atoms with van der Waals surface area (Å²) in [5.41, 5.74) is 9.64. The van der Waals surface area contributed by atoms with Gasteiger partial charge in [0.1, 0.15) is 17.9 Å². The number of hydrogen-bond donors (Lipinski definition) is 2. The van der Waals surface area contributed by atoms with E-state index in [1.807, 2.05) is 0 Å². The van der Waals surface area contributed by atoms with Crippen molar-refractivity contribution >= 4 is 46.1 Å². The Morgan fingerprint density at radius 3 is 2.63 bits per heavy atom. The molecule has 3 N–H and O–H groups in total. The predicted molar refractivity (Wildman–Crippen MR) is 152 cm³/mol. The quantitative estimate of drug-likeness (QED) is 0.288. The van der Waals surface area contributed by atoms with E-state index in [1.54, 1.807) is 62.7 Å². The molecular formula is C28H27ClF3N7O4. The highest BCUT2D eigenvalue weighted by Crippen LogP contribution is 2.41. The Balaban J connectivity index is 1.61. The van der Waals surface area contributed by atoms with Crippen molar-refractivity contribution in [2.45, 2.75) is 52.7 Å². The number of rotatable bonds is 4. The van der Waals surface area contributed by atoms with Crippen molar-refractivity contribution < 1.29 is 32.2 Å². The third-order valence-corrected chi connectivity index (χ3v) is 7.64. The van der Waals surface area contributed by atoms with Crippen LogP contribution in [0.25, 0.3) is 11.0 Å². The zero-order chi connectivity index (χ0) is 31.2. The first kappa shape index (κ1) is 29.9. The molecule has 3 heterocycles. The van der Waals surface area contributed by atoms with Crippen LogP contribution in [0.15, 0.2) is 36.7 Å². The smallest absolute Gasteiger partial charge is 0.452 e. The van der Waals surface area contributed by atoms with Crippen molar-refractivity contribution in [3.63, 3.8) is 0 Å². The molecule has 1 aliphatic rings. The van der Waals surface area contributed by atoms with E-state index in [0.29, 0.717) is 44.1 Å². The molecule has 5 rings (SSSR count). The summed E-state index contributed by atoms with van der Waals surface area (Å²) >= 11 is 6.66. The number of para-hydroxylation sites is 1. The van der Waals surface area contributed by atoms with Crippen LogP contribution in [0, 0.1) is 20.8 Å². The average Bonchev–Trinajstić information content (AvgIpc) is 3.16. The Morgan fingerprint density at radius 1 is 1.21 bits per heavy atom. The number of urea groups is 1. The van der Waals surface area contributed by atoms with Gasteiger partial charge in [0, 0.05) is 21.8 Å². The summed E-state index contributed by atoms with van der Waals surface area (Å²) in [6.45, 7) is 6.36. The first-order valence-corrected chi connectivity index (χ1v) is 13.5. The second-order valence-electron chi connectivity index (χ2n) is 10.1. The van der Waals surface area contributed by atoms with Gasteiger partial charge < -0.3 is 25.4 Å². The molecule has 2 unspecified atom stereocenters. The number of nitrogens with two attached hydrogens (primary N) is 1. The zero-order valence-electron chi connectivity index (χ0n) is 23.5. The van der Waals surface area contributed by atoms with E-state index < -0.39 is 37.1 Å². The molecule has 226 valence electrons. The van der Waals surface area contributed by atoms with Crippen LogP contribution in [0.4, 0.5) is 29.5 Å². The van der Waals surface area contributed by atoms with Gasteiger partial charge in [-0.05, 0) is 51.0 Å². The van der Waals surface area contributed by atoms with E-state index in [2.05, 4.69) is 20.4 Å². The molecule has 11 nitrogen and oxygen atoms in total. The molecule has 0 saturated carbocycles. The van der Waals surface area contributed by atoms with Gasteiger partial charge in [-0.15, -0.1) is 0 Å². The summed E-state index contributed by atoms with van der Waals surface area (Å²) in [5.74, 6) is -2.13. The van der Waals surface area contributed by atoms with Crippen molar-refractivity contribution in [1.29, 1.82) is 0 Å². The molecule has 2 aromatic heterocycles. The Labute approximate surface area is 248 Å². The van der Waals surface area contributed by atoms with E-state index in [0.717, 1.165) is 5.56 Å². The molecule has 0 spiro atoms. The van der Waals surface area contributed by atoms with Crippen molar-refractivity contribution in [2.24, 2.45) is 0 Å². The lowest BCUT2D eigenvalue weighted by Crippen LogP contribution is -2.43. The lowest BCUT2D eigenvalue weighted by molar-refractivity contribution is -0.216. The van der Waals surface area contributed by atoms with E-state index in [4.69, 9.17) is 26.8 Å². The Hall–Kier alpha value is -4.59. The number of halogens is 4. The van der Waals surface area contributed by atoms with Gasteiger partial charge in [-0.25, -0.2) is 24.2 Å². The largest absolute Gasteiger partial charge is 0.491 e. The normalized spacial score (nSPS) is 15.8. The second-order valence-corrected chi connectivity index (χ2v) is 10.5. The lowest BCUT2D eigenvalue weighted by Gasteiger charge is -2.25. The average molecular weight is 618 g/mol. The van der Waals surface area contributed by atoms with E-state index in [9.17, 15) is 22.8 Å². The van der Waals surface area contributed by atoms with Gasteiger partial charge in [-0.3, -0.25) is 0 Å². The van der Waals surface area contributed by atoms with Crippen LogP contribution in [0.2, 0.25) is 5.02 Å². The maximum atomic E-state index is 13.5. The molecule has 0 bridgehead atoms. The number of hydrogen-bond acceptors (Lipinski definition) is 8. The van der Waals surface area contributed by atoms with Gasteiger partial charge in [-0.2, -0.15) is 18.3 Å². The summed E-state index contributed by atoms with van der Waals surface area (Å²) in [6, 6.07) is 7.31. The van der Waals surface area contributed by atoms with Crippen molar-refractivity contribution in [3.05, 3.63) is 69.6 Å². The minimum atomic E-state index is -5.29. The summed E-state index contributed by atoms with van der Waals surface area (Å²) in [4.78, 5) is 34.9. The predicted octanol–water partition coefficient (Wildman–Crippen LogP) is 5.45. The maximum Gasteiger partial charge on any atom is 0.491 e. The van der Waals surface area contributed by atoms with Gasteiger partial charge in [0.2, 0.25) is 0 Å². The van der Waals surface area contributed by atoms with Crippen LogP contribution in [0.1, 0.15) is 40.9 Å². The molecule has 15 heteroatoms. The number of ether oxygens (including phenoxy) is 2. The number of amides is 2. The van der Waals surface area contributed by atoms with E-state index in [1.165, 1.54) is 11.2 Å². The summed E-state index contributed by atoms with van der Waals surface area (Å²) in [7, 11) is 0. The fourth-order valence-electron chi connectivity index (χ4n) is 4.92. The highest BCUT2D eigenvalue weighted by molar-refractivity contribution is 6.31. The monoisotopic (exact) mass is 617 g/mol. The molecule has 0 aliphatic carbocycles. The molecule has 43 heavy (non-hydrogen) atoms. The molecular weight excluding hydrogens is 591 g/mol. The number of alkyl halides is 3. The maximum absolute atomic E-state index is 13.5. The zero-order valence-corrected chi connectivity index (χ0v) is 24.2. The number of carbonyl (C=O) groups is 2. The molecule has 2 amide bonds. The Kier molecular flexibility index (Phi) is 7.82. The van der Waals surface area contributed by atoms with Gasteiger partial charge in [0.25, 0.3) is 6.29 Å². The Morgan fingerprint density at radius 2 is 1.93 bits per heavy atom. The highest BCUT2D eigenvalue weighted by atomic mass is 35.5. The lowest BCUT2D eigenvalue weighted by atomic mass is 9.98. The molecule has 0 saturated heterocycles. The minimum Gasteiger partial charge on any atom is -0.452 e. The molecule has 1 aliphatic heterocycles. The fraction of sp³-hybridized carbons (Fsp3) is 0.321. The number of fused-ring (bicyclic) bond motifs is 2. The molecule has 2 atom stereocenters. The van der Waals surface area contributed by atoms with Crippen molar-refractivity contribution in [3.8, 4) is 5.75 Å². The number of aromatic nitrogens is 4. The highest BCUT2D eigenvalue weighted by Gasteiger charge is 2.44. The van der Waals surface area contributed by atoms with Crippen molar-refractivity contribution in [1.82, 2.24) is 24.6 Å². The second kappa shape index (κ2) is 11.2. The van der Waals surface area contributed by atoms with Gasteiger partial charge in [0.05, 0.1) is 30.2 Å². The standard InChI is InChI=1S/C28H27ClF3N7O4/c1-13-7-5-6-8-20(13)36-27(41)38-10-18-14(2)19(29)9-17(23(18)42-21(11-38)43-26(40)28(30,31)32)16(4)39-25-22(15(3)37-39)24(33)34-12-35-25/h5-9,12,16,21H,10-11H2,1-4H3,(H,36,41)(H2,33,34,35). The topological polar surface area (TPSA) is 137 Å². The van der Waals surface area contributed by atoms with E-state index >= 15 is 0 Å². The number of nitrogens with zero attached hydrogens (tertiary/aromatic N) is 5. The van der Waals surface area contributed by atoms with Crippen LogP contribution in [-0.2, 0) is 16.1 Å². The number of esters is 1. The Bertz CT molecular complexity index is 1740. The first-order valence-electron chi connectivity index (χ1n) is 13.1. The molecule has 4 aromatic rings. The van der Waals surface area contributed by atoms with Crippen LogP contribution in [0.3, 0.4) is 0 Å². The first-order chi connectivity index (χ1) is 20.3. The van der Waals surface area contributed by atoms with Crippen LogP contribution < -0.4 is 15.8 Å². The minimum absolute atomic E-state index is 0.101. The summed E-state index contributed by atoms with van der Waals surface area (Å²) in [6.07, 6.45) is -5.80. The van der Waals surface area contributed by atoms with Gasteiger partial charge in [-0.1, -0.05) is 29.8 Å². The number of nitrogen functional groups attached to an aromatic ring is 1. The number of benzene rings is 2. The number of nitrogens with one attached hydrogen (secondary N) is 1. The third kappa shape index (κ3) is 5.74. The SMILES string of the molecule is Cc1ccccc1NC(=O)N1Cc2c(C)c(Cl)cc(C(C)n3nc(C)c4c(N)ncnc43)c2OC(OC(=O)C(F)(F)F)C1. The van der Waals surface area contributed by atoms with Crippen LogP contribution in [-0.4, -0.2) is 55.7 Å². The third-order valence-electron chi connectivity index (χ3n) is 7.25. The number of anilines is 2. The van der Waals surface area contributed by atoms with E-state index in [-0.39, 0.29) is 18.1 Å². The summed E-state index contributed by atoms with van der Waals surface area (Å²) < 4.78 is 52.1. The molecule has 2 aromatic carbocycles. The molecule has 0 radical (unpaired) electrons. The van der Waals surface area contributed by atoms with Crippen LogP contribution in [0.5, 0.6) is 5.75 Å². The number of carbonyl (C=O) groups excluding carboxylic acids is 2. The molecule has 0 fully saturated rings. The summed E-state index contributed by atoms with van der Waals surface area (Å²) in [5, 5.41) is 8.19. The number of aryl methyl sites for hydroxylation is 2. The fourth-order valence-corrected chi connectivity index (χ4v) is 5.16. The van der Waals surface area contributed by atoms with Gasteiger partial charge >= 0.3 is 18.2 Å². The van der Waals surface area contributed by atoms with Crippen LogP contribution >= 0.6 is 11.6 Å².